The van der Waals surface area contributed by atoms with Gasteiger partial charge < -0.3 is 15.0 Å². The van der Waals surface area contributed by atoms with Crippen molar-refractivity contribution in [1.82, 2.24) is 9.21 Å². The third-order valence-corrected chi connectivity index (χ3v) is 8.05. The molecule has 3 aliphatic rings. The van der Waals surface area contributed by atoms with Gasteiger partial charge in [0.05, 0.1) is 23.6 Å². The maximum absolute atomic E-state index is 13.0. The van der Waals surface area contributed by atoms with Crippen molar-refractivity contribution >= 4 is 21.5 Å². The van der Waals surface area contributed by atoms with Gasteiger partial charge in [0, 0.05) is 43.3 Å². The van der Waals surface area contributed by atoms with Crippen molar-refractivity contribution in [2.45, 2.75) is 43.3 Å². The van der Waals surface area contributed by atoms with Crippen LogP contribution in [0, 0.1) is 0 Å². The van der Waals surface area contributed by atoms with Crippen molar-refractivity contribution in [3.05, 3.63) is 84.9 Å². The molecule has 7 nitrogen and oxygen atoms in total. The Morgan fingerprint density at radius 1 is 1.18 bits per heavy atom. The molecular formula is C26H31N3O4S. The Kier molecular flexibility index (Phi) is 7.21. The number of anilines is 1. The van der Waals surface area contributed by atoms with E-state index in [0.29, 0.717) is 30.8 Å². The van der Waals surface area contributed by atoms with Gasteiger partial charge in [-0.05, 0) is 61.3 Å². The molecule has 0 aliphatic carbocycles. The number of nitrogens with one attached hydrogen (secondary N) is 1. The van der Waals surface area contributed by atoms with Crippen LogP contribution in [0.3, 0.4) is 0 Å². The van der Waals surface area contributed by atoms with Crippen molar-refractivity contribution in [1.29, 1.82) is 0 Å². The SMILES string of the molecule is C=C(CC1=CN(C=CC)C(=C)C=C1)C(=O)CNc1ccc(S(=O)(=O)N2CC3CCC(C2)O3)cc1. The number of rotatable bonds is 9. The number of carbonyl (C=O) groups is 1. The summed E-state index contributed by atoms with van der Waals surface area (Å²) in [5.41, 5.74) is 2.99. The largest absolute Gasteiger partial charge is 0.378 e. The van der Waals surface area contributed by atoms with E-state index in [4.69, 9.17) is 4.74 Å². The van der Waals surface area contributed by atoms with Gasteiger partial charge >= 0.3 is 0 Å². The van der Waals surface area contributed by atoms with Crippen molar-refractivity contribution < 1.29 is 17.9 Å². The molecule has 1 aromatic rings. The molecule has 1 aromatic carbocycles. The average Bonchev–Trinajstić information content (AvgIpc) is 3.17. The molecular weight excluding hydrogens is 450 g/mol. The molecule has 3 heterocycles. The number of hydrogen-bond acceptors (Lipinski definition) is 6. The molecule has 2 atom stereocenters. The summed E-state index contributed by atoms with van der Waals surface area (Å²) >= 11 is 0. The predicted molar refractivity (Wildman–Crippen MR) is 133 cm³/mol. The number of hydrogen-bond donors (Lipinski definition) is 1. The van der Waals surface area contributed by atoms with Crippen LogP contribution in [0.15, 0.2) is 89.8 Å². The molecule has 2 bridgehead atoms. The van der Waals surface area contributed by atoms with Crippen molar-refractivity contribution in [2.24, 2.45) is 0 Å². The highest BCUT2D eigenvalue weighted by molar-refractivity contribution is 7.89. The molecule has 0 spiro atoms. The maximum Gasteiger partial charge on any atom is 0.243 e. The lowest BCUT2D eigenvalue weighted by atomic mass is 10.0. The third kappa shape index (κ3) is 5.41. The van der Waals surface area contributed by atoms with E-state index >= 15 is 0 Å². The van der Waals surface area contributed by atoms with E-state index in [1.807, 2.05) is 42.5 Å². The first-order chi connectivity index (χ1) is 16.3. The van der Waals surface area contributed by atoms with Gasteiger partial charge in [-0.2, -0.15) is 4.31 Å². The van der Waals surface area contributed by atoms with E-state index < -0.39 is 10.0 Å². The first-order valence-electron chi connectivity index (χ1n) is 11.5. The van der Waals surface area contributed by atoms with Crippen LogP contribution in [0.5, 0.6) is 0 Å². The number of benzene rings is 1. The molecule has 0 aromatic heterocycles. The van der Waals surface area contributed by atoms with Gasteiger partial charge in [0.2, 0.25) is 10.0 Å². The molecule has 8 heteroatoms. The smallest absolute Gasteiger partial charge is 0.243 e. The lowest BCUT2D eigenvalue weighted by molar-refractivity contribution is -0.114. The third-order valence-electron chi connectivity index (χ3n) is 6.20. The minimum atomic E-state index is -3.56. The first-order valence-corrected chi connectivity index (χ1v) is 12.9. The topological polar surface area (TPSA) is 79.0 Å². The highest BCUT2D eigenvalue weighted by Crippen LogP contribution is 2.30. The summed E-state index contributed by atoms with van der Waals surface area (Å²) < 4.78 is 33.3. The van der Waals surface area contributed by atoms with Gasteiger partial charge in [-0.15, -0.1) is 0 Å². The zero-order chi connectivity index (χ0) is 24.3. The molecule has 180 valence electrons. The Hall–Kier alpha value is -2.94. The van der Waals surface area contributed by atoms with Gasteiger partial charge in [-0.25, -0.2) is 8.42 Å². The van der Waals surface area contributed by atoms with E-state index in [-0.39, 0.29) is 29.4 Å². The zero-order valence-electron chi connectivity index (χ0n) is 19.4. The Bertz CT molecular complexity index is 1150. The standard InChI is InChI=1S/C26H31N3O4S/c1-4-13-28-16-21(6-5-20(28)3)14-19(2)26(30)15-27-22-7-11-25(12-8-22)34(31,32)29-17-23-9-10-24(18-29)33-23/h4-8,11-13,16,23-24,27H,2-3,9-10,14-15,17-18H2,1H3. The van der Waals surface area contributed by atoms with E-state index in [1.165, 1.54) is 4.31 Å². The number of ether oxygens (including phenoxy) is 1. The molecule has 0 saturated carbocycles. The van der Waals surface area contributed by atoms with Gasteiger partial charge in [-0.3, -0.25) is 4.79 Å². The first kappa shape index (κ1) is 24.2. The van der Waals surface area contributed by atoms with E-state index in [1.54, 1.807) is 24.3 Å². The Morgan fingerprint density at radius 2 is 1.85 bits per heavy atom. The quantitative estimate of drug-likeness (QED) is 0.538. The molecule has 2 unspecified atom stereocenters. The molecule has 2 fully saturated rings. The fraction of sp³-hybridized carbons (Fsp3) is 0.346. The van der Waals surface area contributed by atoms with Crippen LogP contribution in [0.25, 0.3) is 0 Å². The summed E-state index contributed by atoms with van der Waals surface area (Å²) in [5.74, 6) is -0.100. The average molecular weight is 482 g/mol. The zero-order valence-corrected chi connectivity index (χ0v) is 20.3. The fourth-order valence-corrected chi connectivity index (χ4v) is 5.82. The molecule has 0 radical (unpaired) electrons. The summed E-state index contributed by atoms with van der Waals surface area (Å²) in [6.07, 6.45) is 11.9. The van der Waals surface area contributed by atoms with Crippen LogP contribution < -0.4 is 5.32 Å². The summed E-state index contributed by atoms with van der Waals surface area (Å²) in [6.45, 7) is 10.8. The number of sulfonamides is 1. The molecule has 4 rings (SSSR count). The minimum absolute atomic E-state index is 0.00144. The number of ketones is 1. The van der Waals surface area contributed by atoms with Crippen molar-refractivity contribution in [2.75, 3.05) is 25.0 Å². The number of morpholine rings is 1. The molecule has 2 saturated heterocycles. The van der Waals surface area contributed by atoms with Crippen LogP contribution in [0.4, 0.5) is 5.69 Å². The Labute approximate surface area is 201 Å². The van der Waals surface area contributed by atoms with Gasteiger partial charge in [0.15, 0.2) is 5.78 Å². The van der Waals surface area contributed by atoms with E-state index in [2.05, 4.69) is 18.5 Å². The molecule has 34 heavy (non-hydrogen) atoms. The highest BCUT2D eigenvalue weighted by atomic mass is 32.2. The summed E-state index contributed by atoms with van der Waals surface area (Å²) in [7, 11) is -3.56. The second kappa shape index (κ2) is 10.1. The summed E-state index contributed by atoms with van der Waals surface area (Å²) in [4.78, 5) is 14.7. The van der Waals surface area contributed by atoms with Gasteiger partial charge in [-0.1, -0.05) is 25.3 Å². The number of allylic oxidation sites excluding steroid dienone is 4. The van der Waals surface area contributed by atoms with Gasteiger partial charge in [0.25, 0.3) is 0 Å². The maximum atomic E-state index is 13.0. The van der Waals surface area contributed by atoms with Crippen LogP contribution in [-0.2, 0) is 19.6 Å². The number of fused-ring (bicyclic) bond motifs is 2. The van der Waals surface area contributed by atoms with E-state index in [0.717, 1.165) is 24.1 Å². The van der Waals surface area contributed by atoms with Crippen LogP contribution >= 0.6 is 0 Å². The number of nitrogens with zero attached hydrogens (tertiary/aromatic N) is 2. The van der Waals surface area contributed by atoms with E-state index in [9.17, 15) is 13.2 Å². The van der Waals surface area contributed by atoms with Gasteiger partial charge in [0.1, 0.15) is 0 Å². The minimum Gasteiger partial charge on any atom is -0.378 e. The fourth-order valence-electron chi connectivity index (χ4n) is 4.32. The second-order valence-corrected chi connectivity index (χ2v) is 10.7. The molecule has 3 aliphatic heterocycles. The molecule has 0 amide bonds. The van der Waals surface area contributed by atoms with Crippen LogP contribution in [-0.4, -0.2) is 55.2 Å². The van der Waals surface area contributed by atoms with Crippen LogP contribution in [0.2, 0.25) is 0 Å². The lowest BCUT2D eigenvalue weighted by Crippen LogP contribution is -2.45. The highest BCUT2D eigenvalue weighted by Gasteiger charge is 2.39. The Balaban J connectivity index is 1.31. The monoisotopic (exact) mass is 481 g/mol. The lowest BCUT2D eigenvalue weighted by Gasteiger charge is -2.31. The van der Waals surface area contributed by atoms with Crippen molar-refractivity contribution in [3.8, 4) is 0 Å². The predicted octanol–water partition coefficient (Wildman–Crippen LogP) is 3.97. The number of carbonyl (C=O) groups excluding carboxylic acids is 1. The summed E-state index contributed by atoms with van der Waals surface area (Å²) in [5, 5.41) is 3.07. The molecule has 1 N–H and O–H groups in total. The van der Waals surface area contributed by atoms with Crippen LogP contribution in [0.1, 0.15) is 26.2 Å². The number of Topliss-reactive ketones (excluding diaryl/α,β-unsaturated/α-hetero) is 1. The normalized spacial score (nSPS) is 22.8. The summed E-state index contributed by atoms with van der Waals surface area (Å²) in [6, 6.07) is 6.53. The Morgan fingerprint density at radius 3 is 2.50 bits per heavy atom. The van der Waals surface area contributed by atoms with Crippen molar-refractivity contribution in [3.63, 3.8) is 0 Å². The second-order valence-electron chi connectivity index (χ2n) is 8.78.